The van der Waals surface area contributed by atoms with Crippen LogP contribution in [0.2, 0.25) is 0 Å². The Balaban J connectivity index is 1.32. The van der Waals surface area contributed by atoms with Crippen LogP contribution in [0, 0.1) is 5.92 Å². The lowest BCUT2D eigenvalue weighted by atomic mass is 9.97. The number of rotatable bonds is 7. The maximum absolute atomic E-state index is 12.9. The van der Waals surface area contributed by atoms with Crippen molar-refractivity contribution >= 4 is 38.3 Å². The standard InChI is InChI=1S/C26H29N3O5S/c1-18(25(30)28-24-9-5-7-19-6-3-4-8-23(19)24)27-26(31)20-14-16-29(17-15-20)35(32,33)22-12-10-21(34-2)11-13-22/h3-13,18,20H,14-17H2,1-2H3,(H,27,31)(H,28,30). The van der Waals surface area contributed by atoms with Crippen LogP contribution >= 0.6 is 0 Å². The fourth-order valence-electron chi connectivity index (χ4n) is 4.23. The summed E-state index contributed by atoms with van der Waals surface area (Å²) in [5, 5.41) is 7.61. The molecule has 0 radical (unpaired) electrons. The highest BCUT2D eigenvalue weighted by atomic mass is 32.2. The minimum atomic E-state index is -3.64. The number of benzene rings is 3. The summed E-state index contributed by atoms with van der Waals surface area (Å²) in [7, 11) is -2.12. The second-order valence-electron chi connectivity index (χ2n) is 8.60. The molecule has 35 heavy (non-hydrogen) atoms. The molecular weight excluding hydrogens is 466 g/mol. The number of ether oxygens (including phenoxy) is 1. The summed E-state index contributed by atoms with van der Waals surface area (Å²) in [6.45, 7) is 2.12. The van der Waals surface area contributed by atoms with E-state index >= 15 is 0 Å². The Kier molecular flexibility index (Phi) is 7.37. The van der Waals surface area contributed by atoms with Crippen LogP contribution in [0.1, 0.15) is 19.8 Å². The summed E-state index contributed by atoms with van der Waals surface area (Å²) in [6.07, 6.45) is 0.776. The van der Waals surface area contributed by atoms with Crippen LogP contribution in [0.4, 0.5) is 5.69 Å². The van der Waals surface area contributed by atoms with Crippen LogP contribution in [0.5, 0.6) is 5.75 Å². The number of anilines is 1. The smallest absolute Gasteiger partial charge is 0.246 e. The van der Waals surface area contributed by atoms with Gasteiger partial charge in [-0.2, -0.15) is 4.31 Å². The number of methoxy groups -OCH3 is 1. The summed E-state index contributed by atoms with van der Waals surface area (Å²) in [5.74, 6) is -0.329. The molecule has 0 aromatic heterocycles. The van der Waals surface area contributed by atoms with Gasteiger partial charge in [-0.3, -0.25) is 9.59 Å². The molecule has 9 heteroatoms. The van der Waals surface area contributed by atoms with E-state index in [9.17, 15) is 18.0 Å². The van der Waals surface area contributed by atoms with Crippen molar-refractivity contribution in [3.8, 4) is 5.75 Å². The molecule has 0 spiro atoms. The van der Waals surface area contributed by atoms with E-state index in [1.54, 1.807) is 19.1 Å². The summed E-state index contributed by atoms with van der Waals surface area (Å²) in [4.78, 5) is 25.7. The number of sulfonamides is 1. The van der Waals surface area contributed by atoms with Gasteiger partial charge in [-0.25, -0.2) is 8.42 Å². The number of carbonyl (C=O) groups is 2. The Hall–Kier alpha value is -3.43. The molecule has 3 aromatic rings. The van der Waals surface area contributed by atoms with Gasteiger partial charge in [0.05, 0.1) is 12.0 Å². The largest absolute Gasteiger partial charge is 0.497 e. The highest BCUT2D eigenvalue weighted by Crippen LogP contribution is 2.26. The third-order valence-electron chi connectivity index (χ3n) is 6.32. The lowest BCUT2D eigenvalue weighted by Gasteiger charge is -2.31. The van der Waals surface area contributed by atoms with E-state index in [-0.39, 0.29) is 35.7 Å². The second-order valence-corrected chi connectivity index (χ2v) is 10.5. The van der Waals surface area contributed by atoms with Crippen molar-refractivity contribution in [2.24, 2.45) is 5.92 Å². The number of hydrogen-bond donors (Lipinski definition) is 2. The summed E-state index contributed by atoms with van der Waals surface area (Å²) in [5.41, 5.74) is 0.686. The van der Waals surface area contributed by atoms with Gasteiger partial charge in [0.15, 0.2) is 0 Å². The van der Waals surface area contributed by atoms with Gasteiger partial charge < -0.3 is 15.4 Å². The van der Waals surface area contributed by atoms with Crippen molar-refractivity contribution in [3.63, 3.8) is 0 Å². The van der Waals surface area contributed by atoms with E-state index < -0.39 is 16.1 Å². The number of amides is 2. The van der Waals surface area contributed by atoms with Gasteiger partial charge in [-0.1, -0.05) is 36.4 Å². The van der Waals surface area contributed by atoms with E-state index in [1.165, 1.54) is 23.5 Å². The Labute approximate surface area is 205 Å². The molecule has 1 aliphatic rings. The summed E-state index contributed by atoms with van der Waals surface area (Å²) < 4.78 is 32.3. The first kappa shape index (κ1) is 24.7. The Bertz CT molecular complexity index is 1310. The fraction of sp³-hybridized carbons (Fsp3) is 0.308. The SMILES string of the molecule is COc1ccc(S(=O)(=O)N2CCC(C(=O)NC(C)C(=O)Nc3cccc4ccccc34)CC2)cc1. The molecule has 1 saturated heterocycles. The van der Waals surface area contributed by atoms with Gasteiger partial charge in [-0.15, -0.1) is 0 Å². The number of fused-ring (bicyclic) bond motifs is 1. The quantitative estimate of drug-likeness (QED) is 0.523. The monoisotopic (exact) mass is 495 g/mol. The molecule has 1 atom stereocenters. The molecule has 0 aliphatic carbocycles. The van der Waals surface area contributed by atoms with Gasteiger partial charge in [0.25, 0.3) is 0 Å². The molecule has 1 aliphatic heterocycles. The molecule has 1 heterocycles. The predicted molar refractivity (Wildman–Crippen MR) is 135 cm³/mol. The van der Waals surface area contributed by atoms with E-state index in [0.717, 1.165) is 10.8 Å². The topological polar surface area (TPSA) is 105 Å². The highest BCUT2D eigenvalue weighted by Gasteiger charge is 2.33. The lowest BCUT2D eigenvalue weighted by molar-refractivity contribution is -0.129. The average molecular weight is 496 g/mol. The van der Waals surface area contributed by atoms with Crippen molar-refractivity contribution in [1.82, 2.24) is 9.62 Å². The third kappa shape index (κ3) is 5.47. The normalized spacial score (nSPS) is 15.9. The van der Waals surface area contributed by atoms with Crippen molar-refractivity contribution in [2.75, 3.05) is 25.5 Å². The zero-order chi connectivity index (χ0) is 25.0. The van der Waals surface area contributed by atoms with E-state index in [0.29, 0.717) is 24.3 Å². The van der Waals surface area contributed by atoms with Crippen molar-refractivity contribution in [3.05, 3.63) is 66.7 Å². The first-order valence-electron chi connectivity index (χ1n) is 11.5. The number of hydrogen-bond acceptors (Lipinski definition) is 5. The van der Waals surface area contributed by atoms with Crippen LogP contribution < -0.4 is 15.4 Å². The molecule has 1 unspecified atom stereocenters. The Morgan fingerprint density at radius 3 is 2.31 bits per heavy atom. The molecule has 8 nitrogen and oxygen atoms in total. The molecule has 2 amide bonds. The van der Waals surface area contributed by atoms with Crippen LogP contribution in [0.25, 0.3) is 10.8 Å². The fourth-order valence-corrected chi connectivity index (χ4v) is 5.70. The van der Waals surface area contributed by atoms with E-state index in [1.807, 2.05) is 42.5 Å². The Morgan fingerprint density at radius 2 is 1.63 bits per heavy atom. The number of nitrogens with zero attached hydrogens (tertiary/aromatic N) is 1. The second kappa shape index (κ2) is 10.5. The van der Waals surface area contributed by atoms with Gasteiger partial charge in [-0.05, 0) is 55.5 Å². The first-order chi connectivity index (χ1) is 16.8. The number of nitrogens with one attached hydrogen (secondary N) is 2. The minimum Gasteiger partial charge on any atom is -0.497 e. The van der Waals surface area contributed by atoms with Gasteiger partial charge in [0.1, 0.15) is 11.8 Å². The van der Waals surface area contributed by atoms with Gasteiger partial charge >= 0.3 is 0 Å². The highest BCUT2D eigenvalue weighted by molar-refractivity contribution is 7.89. The van der Waals surface area contributed by atoms with Gasteiger partial charge in [0, 0.05) is 30.1 Å². The predicted octanol–water partition coefficient (Wildman–Crippen LogP) is 3.39. The maximum Gasteiger partial charge on any atom is 0.246 e. The lowest BCUT2D eigenvalue weighted by Crippen LogP contribution is -2.47. The molecule has 4 rings (SSSR count). The molecule has 3 aromatic carbocycles. The Morgan fingerprint density at radius 1 is 0.971 bits per heavy atom. The molecule has 184 valence electrons. The third-order valence-corrected chi connectivity index (χ3v) is 8.23. The zero-order valence-electron chi connectivity index (χ0n) is 19.7. The van der Waals surface area contributed by atoms with Crippen LogP contribution in [0.3, 0.4) is 0 Å². The van der Waals surface area contributed by atoms with Gasteiger partial charge in [0.2, 0.25) is 21.8 Å². The van der Waals surface area contributed by atoms with Crippen LogP contribution in [0.15, 0.2) is 71.6 Å². The minimum absolute atomic E-state index is 0.194. The van der Waals surface area contributed by atoms with Crippen molar-refractivity contribution in [2.45, 2.75) is 30.7 Å². The molecule has 2 N–H and O–H groups in total. The van der Waals surface area contributed by atoms with E-state index in [2.05, 4.69) is 10.6 Å². The molecule has 0 saturated carbocycles. The molecule has 1 fully saturated rings. The maximum atomic E-state index is 12.9. The first-order valence-corrected chi connectivity index (χ1v) is 13.0. The summed E-state index contributed by atoms with van der Waals surface area (Å²) >= 11 is 0. The van der Waals surface area contributed by atoms with Crippen molar-refractivity contribution < 1.29 is 22.7 Å². The average Bonchev–Trinajstić information content (AvgIpc) is 2.89. The van der Waals surface area contributed by atoms with E-state index in [4.69, 9.17) is 4.74 Å². The number of carbonyl (C=O) groups excluding carboxylic acids is 2. The molecule has 0 bridgehead atoms. The van der Waals surface area contributed by atoms with Crippen LogP contribution in [-0.4, -0.2) is 50.8 Å². The van der Waals surface area contributed by atoms with Crippen molar-refractivity contribution in [1.29, 1.82) is 0 Å². The zero-order valence-corrected chi connectivity index (χ0v) is 20.5. The number of piperidine rings is 1. The van der Waals surface area contributed by atoms with Crippen LogP contribution in [-0.2, 0) is 19.6 Å². The molecular formula is C26H29N3O5S. The summed E-state index contributed by atoms with van der Waals surface area (Å²) in [6, 6.07) is 18.9.